The summed E-state index contributed by atoms with van der Waals surface area (Å²) in [5, 5.41) is 7.54. The largest absolute Gasteiger partial charge is 0.497 e. The van der Waals surface area contributed by atoms with Crippen LogP contribution in [0.3, 0.4) is 0 Å². The molecule has 4 aromatic rings. The summed E-state index contributed by atoms with van der Waals surface area (Å²) >= 11 is 6.70. The van der Waals surface area contributed by atoms with E-state index in [1.165, 1.54) is 5.01 Å². The molecule has 6 nitrogen and oxygen atoms in total. The summed E-state index contributed by atoms with van der Waals surface area (Å²) in [6.45, 7) is 2.51. The quantitative estimate of drug-likeness (QED) is 0.301. The van der Waals surface area contributed by atoms with Crippen molar-refractivity contribution in [2.75, 3.05) is 13.7 Å². The molecule has 2 heterocycles. The SMILES string of the molecule is CCOc1ccc2cc([C@@H]3CC(c4ccc(OC)cc4)=NN3C(=O)c3ccccc3)c(Cl)nc2c1. The molecule has 1 atom stereocenters. The highest BCUT2D eigenvalue weighted by Gasteiger charge is 2.35. The van der Waals surface area contributed by atoms with Gasteiger partial charge in [0.15, 0.2) is 0 Å². The Labute approximate surface area is 208 Å². The fourth-order valence-electron chi connectivity index (χ4n) is 4.24. The predicted molar refractivity (Wildman–Crippen MR) is 137 cm³/mol. The smallest absolute Gasteiger partial charge is 0.274 e. The van der Waals surface area contributed by atoms with E-state index in [4.69, 9.17) is 26.2 Å². The van der Waals surface area contributed by atoms with Gasteiger partial charge in [0.2, 0.25) is 0 Å². The Hall–Kier alpha value is -3.90. The second-order valence-electron chi connectivity index (χ2n) is 8.17. The Morgan fingerprint density at radius 1 is 1.03 bits per heavy atom. The van der Waals surface area contributed by atoms with E-state index in [1.54, 1.807) is 19.2 Å². The standard InChI is InChI=1S/C28H24ClN3O3/c1-3-35-22-14-11-20-15-23(27(29)30-24(20)16-22)26-17-25(18-9-12-21(34-2)13-10-18)31-32(26)28(33)19-7-5-4-6-8-19/h4-16,26H,3,17H2,1-2H3/t26-/m0/s1. The molecule has 0 unspecified atom stereocenters. The van der Waals surface area contributed by atoms with E-state index in [9.17, 15) is 4.79 Å². The Balaban J connectivity index is 1.56. The molecule has 3 aromatic carbocycles. The van der Waals surface area contributed by atoms with Crippen LogP contribution in [0.15, 0.2) is 84.0 Å². The van der Waals surface area contributed by atoms with Crippen molar-refractivity contribution in [3.05, 3.63) is 101 Å². The van der Waals surface area contributed by atoms with Crippen LogP contribution in [-0.4, -0.2) is 35.3 Å². The van der Waals surface area contributed by atoms with Gasteiger partial charge < -0.3 is 9.47 Å². The molecule has 1 aliphatic rings. The molecule has 35 heavy (non-hydrogen) atoms. The zero-order chi connectivity index (χ0) is 24.4. The number of fused-ring (bicyclic) bond motifs is 1. The topological polar surface area (TPSA) is 64.0 Å². The van der Waals surface area contributed by atoms with E-state index in [-0.39, 0.29) is 5.91 Å². The van der Waals surface area contributed by atoms with E-state index >= 15 is 0 Å². The van der Waals surface area contributed by atoms with E-state index < -0.39 is 6.04 Å². The first-order chi connectivity index (χ1) is 17.1. The van der Waals surface area contributed by atoms with Crippen molar-refractivity contribution >= 4 is 34.1 Å². The van der Waals surface area contributed by atoms with Crippen LogP contribution in [0.2, 0.25) is 5.15 Å². The lowest BCUT2D eigenvalue weighted by molar-refractivity contribution is 0.0711. The molecule has 0 fully saturated rings. The van der Waals surface area contributed by atoms with Crippen LogP contribution in [0.5, 0.6) is 11.5 Å². The molecule has 0 N–H and O–H groups in total. The van der Waals surface area contributed by atoms with Gasteiger partial charge >= 0.3 is 0 Å². The molecular weight excluding hydrogens is 462 g/mol. The molecule has 7 heteroatoms. The number of amides is 1. The van der Waals surface area contributed by atoms with Gasteiger partial charge in [-0.25, -0.2) is 9.99 Å². The average molecular weight is 486 g/mol. The highest BCUT2D eigenvalue weighted by Crippen LogP contribution is 2.38. The number of carbonyl (C=O) groups excluding carboxylic acids is 1. The maximum absolute atomic E-state index is 13.5. The lowest BCUT2D eigenvalue weighted by Gasteiger charge is -2.23. The number of methoxy groups -OCH3 is 1. The van der Waals surface area contributed by atoms with Crippen LogP contribution < -0.4 is 9.47 Å². The molecule has 0 spiro atoms. The van der Waals surface area contributed by atoms with Crippen LogP contribution in [0.25, 0.3) is 10.9 Å². The van der Waals surface area contributed by atoms with Gasteiger partial charge in [0, 0.05) is 29.0 Å². The molecule has 176 valence electrons. The monoisotopic (exact) mass is 485 g/mol. The van der Waals surface area contributed by atoms with E-state index in [0.29, 0.717) is 23.7 Å². The van der Waals surface area contributed by atoms with Gasteiger partial charge in [-0.2, -0.15) is 5.10 Å². The van der Waals surface area contributed by atoms with Gasteiger partial charge in [-0.3, -0.25) is 4.79 Å². The number of nitrogens with zero attached hydrogens (tertiary/aromatic N) is 3. The molecule has 0 radical (unpaired) electrons. The number of hydrogen-bond acceptors (Lipinski definition) is 5. The van der Waals surface area contributed by atoms with Crippen LogP contribution in [0.4, 0.5) is 0 Å². The maximum Gasteiger partial charge on any atom is 0.274 e. The lowest BCUT2D eigenvalue weighted by Crippen LogP contribution is -2.27. The van der Waals surface area contributed by atoms with Crippen molar-refractivity contribution in [3.8, 4) is 11.5 Å². The van der Waals surface area contributed by atoms with Crippen molar-refractivity contribution in [3.63, 3.8) is 0 Å². The third kappa shape index (κ3) is 4.57. The van der Waals surface area contributed by atoms with Crippen LogP contribution in [-0.2, 0) is 0 Å². The fourth-order valence-corrected chi connectivity index (χ4v) is 4.51. The summed E-state index contributed by atoms with van der Waals surface area (Å²) in [6, 6.07) is 24.1. The molecule has 0 saturated carbocycles. The van der Waals surface area contributed by atoms with Crippen molar-refractivity contribution in [1.29, 1.82) is 0 Å². The molecular formula is C28H24ClN3O3. The molecule has 1 aliphatic heterocycles. The van der Waals surface area contributed by atoms with Gasteiger partial charge in [0.05, 0.1) is 31.0 Å². The van der Waals surface area contributed by atoms with Crippen molar-refractivity contribution in [1.82, 2.24) is 9.99 Å². The Kier molecular flexibility index (Phi) is 6.38. The van der Waals surface area contributed by atoms with E-state index in [1.807, 2.05) is 73.7 Å². The van der Waals surface area contributed by atoms with Crippen molar-refractivity contribution < 1.29 is 14.3 Å². The molecule has 5 rings (SSSR count). The number of hydrazone groups is 1. The first-order valence-corrected chi connectivity index (χ1v) is 11.8. The number of benzene rings is 3. The van der Waals surface area contributed by atoms with Gasteiger partial charge in [0.25, 0.3) is 5.91 Å². The van der Waals surface area contributed by atoms with Crippen LogP contribution >= 0.6 is 11.6 Å². The van der Waals surface area contributed by atoms with E-state index in [2.05, 4.69) is 4.98 Å². The summed E-state index contributed by atoms with van der Waals surface area (Å²) in [5.74, 6) is 1.31. The number of hydrogen-bond donors (Lipinski definition) is 0. The minimum atomic E-state index is -0.393. The number of ether oxygens (including phenoxy) is 2. The normalized spacial score (nSPS) is 15.2. The van der Waals surface area contributed by atoms with Crippen molar-refractivity contribution in [2.45, 2.75) is 19.4 Å². The third-order valence-corrected chi connectivity index (χ3v) is 6.30. The predicted octanol–water partition coefficient (Wildman–Crippen LogP) is 6.29. The molecule has 0 saturated heterocycles. The van der Waals surface area contributed by atoms with Gasteiger partial charge in [0.1, 0.15) is 16.7 Å². The van der Waals surface area contributed by atoms with Gasteiger partial charge in [-0.05, 0) is 67.1 Å². The average Bonchev–Trinajstić information content (AvgIpc) is 3.34. The van der Waals surface area contributed by atoms with Gasteiger partial charge in [-0.15, -0.1) is 0 Å². The lowest BCUT2D eigenvalue weighted by atomic mass is 9.98. The highest BCUT2D eigenvalue weighted by atomic mass is 35.5. The third-order valence-electron chi connectivity index (χ3n) is 6.00. The minimum Gasteiger partial charge on any atom is -0.497 e. The number of aromatic nitrogens is 1. The molecule has 0 aliphatic carbocycles. The summed E-state index contributed by atoms with van der Waals surface area (Å²) in [4.78, 5) is 18.1. The Morgan fingerprint density at radius 3 is 2.49 bits per heavy atom. The number of rotatable bonds is 6. The zero-order valence-electron chi connectivity index (χ0n) is 19.4. The molecule has 0 bridgehead atoms. The van der Waals surface area contributed by atoms with Crippen LogP contribution in [0, 0.1) is 0 Å². The fraction of sp³-hybridized carbons (Fsp3) is 0.179. The number of halogens is 1. The van der Waals surface area contributed by atoms with Crippen molar-refractivity contribution in [2.24, 2.45) is 5.10 Å². The zero-order valence-corrected chi connectivity index (χ0v) is 20.2. The summed E-state index contributed by atoms with van der Waals surface area (Å²) in [5.41, 5.74) is 3.76. The second-order valence-corrected chi connectivity index (χ2v) is 8.52. The molecule has 1 aromatic heterocycles. The Bertz CT molecular complexity index is 1400. The summed E-state index contributed by atoms with van der Waals surface area (Å²) in [6.07, 6.45) is 0.509. The minimum absolute atomic E-state index is 0.193. The van der Waals surface area contributed by atoms with Gasteiger partial charge in [-0.1, -0.05) is 29.8 Å². The van der Waals surface area contributed by atoms with E-state index in [0.717, 1.165) is 39.2 Å². The number of carbonyl (C=O) groups is 1. The first-order valence-electron chi connectivity index (χ1n) is 11.4. The second kappa shape index (κ2) is 9.76. The summed E-state index contributed by atoms with van der Waals surface area (Å²) in [7, 11) is 1.63. The summed E-state index contributed by atoms with van der Waals surface area (Å²) < 4.78 is 10.9. The molecule has 1 amide bonds. The highest BCUT2D eigenvalue weighted by molar-refractivity contribution is 6.30. The Morgan fingerprint density at radius 2 is 1.77 bits per heavy atom. The van der Waals surface area contributed by atoms with Crippen LogP contribution in [0.1, 0.15) is 40.9 Å². The maximum atomic E-state index is 13.5. The number of pyridine rings is 1. The first kappa shape index (κ1) is 22.9.